The van der Waals surface area contributed by atoms with Gasteiger partial charge in [0.1, 0.15) is 0 Å². The van der Waals surface area contributed by atoms with E-state index in [0.29, 0.717) is 15.7 Å². The van der Waals surface area contributed by atoms with Crippen LogP contribution in [0.25, 0.3) is 11.2 Å². The Morgan fingerprint density at radius 2 is 1.94 bits per heavy atom. The molecule has 0 saturated carbocycles. The van der Waals surface area contributed by atoms with Crippen molar-refractivity contribution >= 4 is 46.5 Å². The number of hydrogen-bond donors (Lipinski definition) is 1. The van der Waals surface area contributed by atoms with E-state index in [4.69, 9.17) is 23.2 Å². The maximum Gasteiger partial charge on any atom is 0.332 e. The van der Waals surface area contributed by atoms with Crippen LogP contribution in [0.1, 0.15) is 11.3 Å². The third-order valence-electron chi connectivity index (χ3n) is 4.74. The van der Waals surface area contributed by atoms with Gasteiger partial charge in [-0.05, 0) is 29.8 Å². The van der Waals surface area contributed by atoms with E-state index in [-0.39, 0.29) is 23.7 Å². The summed E-state index contributed by atoms with van der Waals surface area (Å²) in [6, 6.07) is 10.5. The molecule has 0 spiro atoms. The fourth-order valence-corrected chi connectivity index (χ4v) is 3.58. The normalized spacial score (nSPS) is 11.5. The minimum atomic E-state index is -0.477. The highest BCUT2D eigenvalue weighted by atomic mass is 35.5. The molecule has 0 aliphatic carbocycles. The number of nitrogens with zero attached hydrogens (tertiary/aromatic N) is 6. The molecule has 11 heteroatoms. The van der Waals surface area contributed by atoms with Gasteiger partial charge in [0, 0.05) is 30.3 Å². The van der Waals surface area contributed by atoms with Crippen molar-refractivity contribution in [2.75, 3.05) is 5.43 Å². The Balaban J connectivity index is 1.86. The zero-order valence-electron chi connectivity index (χ0n) is 16.6. The van der Waals surface area contributed by atoms with Crippen molar-refractivity contribution in [3.63, 3.8) is 0 Å². The second-order valence-electron chi connectivity index (χ2n) is 6.76. The molecule has 0 saturated heterocycles. The van der Waals surface area contributed by atoms with Crippen molar-refractivity contribution in [1.29, 1.82) is 0 Å². The molecule has 9 nitrogen and oxygen atoms in total. The number of nitrogens with one attached hydrogen (secondary N) is 1. The van der Waals surface area contributed by atoms with Crippen molar-refractivity contribution in [1.82, 2.24) is 23.7 Å². The number of hydrazone groups is 1. The van der Waals surface area contributed by atoms with Crippen molar-refractivity contribution < 1.29 is 0 Å². The first kappa shape index (κ1) is 20.8. The van der Waals surface area contributed by atoms with Crippen LogP contribution in [0.4, 0.5) is 5.95 Å². The predicted octanol–water partition coefficient (Wildman–Crippen LogP) is 2.63. The molecule has 0 atom stereocenters. The van der Waals surface area contributed by atoms with Crippen LogP contribution >= 0.6 is 23.2 Å². The molecule has 0 unspecified atom stereocenters. The first-order valence-corrected chi connectivity index (χ1v) is 9.92. The Morgan fingerprint density at radius 1 is 1.13 bits per heavy atom. The summed E-state index contributed by atoms with van der Waals surface area (Å²) in [5, 5.41) is 5.12. The summed E-state index contributed by atoms with van der Waals surface area (Å²) in [4.78, 5) is 33.9. The Hall–Kier alpha value is -3.43. The predicted molar refractivity (Wildman–Crippen MR) is 121 cm³/mol. The van der Waals surface area contributed by atoms with Crippen LogP contribution in [0, 0.1) is 0 Å². The molecule has 0 aliphatic heterocycles. The average molecular weight is 458 g/mol. The molecule has 158 valence electrons. The molecule has 0 radical (unpaired) electrons. The Kier molecular flexibility index (Phi) is 5.62. The van der Waals surface area contributed by atoms with Crippen LogP contribution in [0.2, 0.25) is 10.0 Å². The van der Waals surface area contributed by atoms with E-state index in [0.717, 1.165) is 10.1 Å². The minimum Gasteiger partial charge on any atom is -0.298 e. The zero-order valence-corrected chi connectivity index (χ0v) is 18.1. The largest absolute Gasteiger partial charge is 0.332 e. The van der Waals surface area contributed by atoms with Gasteiger partial charge in [0.05, 0.1) is 18.5 Å². The number of aromatic nitrogens is 5. The van der Waals surface area contributed by atoms with Gasteiger partial charge in [-0.3, -0.25) is 23.5 Å². The Bertz CT molecular complexity index is 1420. The molecular formula is C20H17Cl2N7O2. The van der Waals surface area contributed by atoms with Crippen molar-refractivity contribution in [3.05, 3.63) is 84.7 Å². The van der Waals surface area contributed by atoms with Gasteiger partial charge in [-0.2, -0.15) is 10.1 Å². The fourth-order valence-electron chi connectivity index (χ4n) is 3.11. The van der Waals surface area contributed by atoms with E-state index in [9.17, 15) is 9.59 Å². The van der Waals surface area contributed by atoms with E-state index in [2.05, 4.69) is 20.5 Å². The van der Waals surface area contributed by atoms with Gasteiger partial charge < -0.3 is 0 Å². The lowest BCUT2D eigenvalue weighted by atomic mass is 10.2. The number of fused-ring (bicyclic) bond motifs is 1. The second-order valence-corrected chi connectivity index (χ2v) is 7.60. The number of imidazole rings is 1. The van der Waals surface area contributed by atoms with E-state index in [1.807, 2.05) is 6.07 Å². The van der Waals surface area contributed by atoms with Crippen molar-refractivity contribution in [3.8, 4) is 0 Å². The van der Waals surface area contributed by atoms with E-state index < -0.39 is 11.2 Å². The van der Waals surface area contributed by atoms with Gasteiger partial charge in [-0.15, -0.1) is 0 Å². The number of hydrogen-bond acceptors (Lipinski definition) is 6. The summed E-state index contributed by atoms with van der Waals surface area (Å²) in [7, 11) is 2.97. The quantitative estimate of drug-likeness (QED) is 0.366. The molecule has 0 aliphatic rings. The molecule has 31 heavy (non-hydrogen) atoms. The average Bonchev–Trinajstić information content (AvgIpc) is 3.12. The van der Waals surface area contributed by atoms with Crippen molar-refractivity contribution in [2.45, 2.75) is 6.54 Å². The summed E-state index contributed by atoms with van der Waals surface area (Å²) in [5.41, 5.74) is 3.73. The highest BCUT2D eigenvalue weighted by Crippen LogP contribution is 2.24. The first-order chi connectivity index (χ1) is 14.9. The molecule has 0 amide bonds. The minimum absolute atomic E-state index is 0.210. The molecule has 3 heterocycles. The first-order valence-electron chi connectivity index (χ1n) is 9.17. The van der Waals surface area contributed by atoms with Crippen LogP contribution < -0.4 is 16.7 Å². The summed E-state index contributed by atoms with van der Waals surface area (Å²) in [6.07, 6.45) is 3.18. The summed E-state index contributed by atoms with van der Waals surface area (Å²) in [5.74, 6) is 0.270. The Labute approximate surface area is 186 Å². The summed E-state index contributed by atoms with van der Waals surface area (Å²) >= 11 is 12.4. The standard InChI is InChI=1S/C20H17Cl2N7O2/c1-27-17-16(18(30)28(2)20(27)31)29(11-12-6-7-13(21)9-15(12)22)19(25-17)26-24-10-14-5-3-4-8-23-14/h3-10H,11H2,1-2H3,(H,25,26)/b24-10+. The van der Waals surface area contributed by atoms with Crippen molar-refractivity contribution in [2.24, 2.45) is 19.2 Å². The number of aryl methyl sites for hydroxylation is 1. The molecule has 0 bridgehead atoms. The van der Waals surface area contributed by atoms with Crippen LogP contribution in [0.3, 0.4) is 0 Å². The number of pyridine rings is 1. The van der Waals surface area contributed by atoms with Crippen LogP contribution in [-0.4, -0.2) is 29.9 Å². The number of benzene rings is 1. The summed E-state index contributed by atoms with van der Waals surface area (Å²) in [6.45, 7) is 0.210. The van der Waals surface area contributed by atoms with Crippen LogP contribution in [-0.2, 0) is 20.6 Å². The lowest BCUT2D eigenvalue weighted by Crippen LogP contribution is -2.37. The molecule has 1 aromatic carbocycles. The lowest BCUT2D eigenvalue weighted by molar-refractivity contribution is 0.702. The molecule has 4 aromatic rings. The molecule has 4 rings (SSSR count). The van der Waals surface area contributed by atoms with Crippen LogP contribution in [0.5, 0.6) is 0 Å². The second kappa shape index (κ2) is 8.37. The topological polar surface area (TPSA) is 99.1 Å². The maximum atomic E-state index is 12.9. The molecule has 3 aromatic heterocycles. The monoisotopic (exact) mass is 457 g/mol. The highest BCUT2D eigenvalue weighted by Gasteiger charge is 2.20. The van der Waals surface area contributed by atoms with Gasteiger partial charge in [-0.1, -0.05) is 35.3 Å². The van der Waals surface area contributed by atoms with Gasteiger partial charge in [0.15, 0.2) is 11.2 Å². The highest BCUT2D eigenvalue weighted by molar-refractivity contribution is 6.35. The molecule has 1 N–H and O–H groups in total. The van der Waals surface area contributed by atoms with E-state index in [1.54, 1.807) is 48.1 Å². The number of halogens is 2. The molecule has 0 fully saturated rings. The van der Waals surface area contributed by atoms with E-state index >= 15 is 0 Å². The SMILES string of the molecule is Cn1c(=O)c2c(nc(N/N=C/c3ccccn3)n2Cc2ccc(Cl)cc2Cl)n(C)c1=O. The van der Waals surface area contributed by atoms with Gasteiger partial charge >= 0.3 is 5.69 Å². The molecular weight excluding hydrogens is 441 g/mol. The lowest BCUT2D eigenvalue weighted by Gasteiger charge is -2.11. The van der Waals surface area contributed by atoms with E-state index in [1.165, 1.54) is 17.8 Å². The zero-order chi connectivity index (χ0) is 22.1. The third kappa shape index (κ3) is 3.97. The van der Waals surface area contributed by atoms with Crippen LogP contribution in [0.15, 0.2) is 57.3 Å². The summed E-state index contributed by atoms with van der Waals surface area (Å²) < 4.78 is 3.97. The number of anilines is 1. The maximum absolute atomic E-state index is 12.9. The fraction of sp³-hybridized carbons (Fsp3) is 0.150. The number of rotatable bonds is 5. The Morgan fingerprint density at radius 3 is 2.65 bits per heavy atom. The third-order valence-corrected chi connectivity index (χ3v) is 5.33. The van der Waals surface area contributed by atoms with Gasteiger partial charge in [-0.25, -0.2) is 10.2 Å². The van der Waals surface area contributed by atoms with Gasteiger partial charge in [0.2, 0.25) is 5.95 Å². The smallest absolute Gasteiger partial charge is 0.298 e. The van der Waals surface area contributed by atoms with Gasteiger partial charge in [0.25, 0.3) is 5.56 Å².